The van der Waals surface area contributed by atoms with Crippen LogP contribution in [0.25, 0.3) is 0 Å². The van der Waals surface area contributed by atoms with Gasteiger partial charge in [0.25, 0.3) is 0 Å². The van der Waals surface area contributed by atoms with Crippen molar-refractivity contribution in [1.82, 2.24) is 14.7 Å². The molecule has 86 valence electrons. The van der Waals surface area contributed by atoms with Gasteiger partial charge >= 0.3 is 0 Å². The highest BCUT2D eigenvalue weighted by Crippen LogP contribution is 2.07. The molecule has 0 aliphatic heterocycles. The molecule has 0 radical (unpaired) electrons. The first-order valence-corrected chi connectivity index (χ1v) is 5.49. The molecule has 0 bridgehead atoms. The molecule has 4 nitrogen and oxygen atoms in total. The van der Waals surface area contributed by atoms with E-state index >= 15 is 0 Å². The standard InChI is InChI=1S/C11H22N4/c1-9(2)15-6-5-11(13-15)8-14(4)10(3)7-12/h5-6,9-10H,7-8,12H2,1-4H3. The van der Waals surface area contributed by atoms with Crippen molar-refractivity contribution in [3.63, 3.8) is 0 Å². The molecule has 0 aliphatic carbocycles. The van der Waals surface area contributed by atoms with Crippen molar-refractivity contribution >= 4 is 0 Å². The van der Waals surface area contributed by atoms with E-state index in [2.05, 4.69) is 43.9 Å². The lowest BCUT2D eigenvalue weighted by Gasteiger charge is -2.22. The minimum Gasteiger partial charge on any atom is -0.329 e. The molecule has 0 aromatic carbocycles. The predicted molar refractivity (Wildman–Crippen MR) is 62.6 cm³/mol. The Morgan fingerprint density at radius 2 is 2.13 bits per heavy atom. The van der Waals surface area contributed by atoms with E-state index in [9.17, 15) is 0 Å². The molecule has 2 N–H and O–H groups in total. The zero-order valence-corrected chi connectivity index (χ0v) is 10.1. The molecule has 0 spiro atoms. The maximum Gasteiger partial charge on any atom is 0.0764 e. The fourth-order valence-electron chi connectivity index (χ4n) is 1.34. The first-order chi connectivity index (χ1) is 7.04. The van der Waals surface area contributed by atoms with Gasteiger partial charge < -0.3 is 5.73 Å². The Morgan fingerprint density at radius 1 is 1.47 bits per heavy atom. The summed E-state index contributed by atoms with van der Waals surface area (Å²) in [5.74, 6) is 0. The summed E-state index contributed by atoms with van der Waals surface area (Å²) in [5, 5.41) is 4.50. The summed E-state index contributed by atoms with van der Waals surface area (Å²) in [4.78, 5) is 2.22. The second kappa shape index (κ2) is 5.28. The normalized spacial score (nSPS) is 13.8. The van der Waals surface area contributed by atoms with Gasteiger partial charge in [0.2, 0.25) is 0 Å². The molecule has 15 heavy (non-hydrogen) atoms. The van der Waals surface area contributed by atoms with Crippen molar-refractivity contribution < 1.29 is 0 Å². The van der Waals surface area contributed by atoms with Crippen LogP contribution in [0.3, 0.4) is 0 Å². The topological polar surface area (TPSA) is 47.1 Å². The molecule has 1 rings (SSSR count). The second-order valence-corrected chi connectivity index (χ2v) is 4.38. The van der Waals surface area contributed by atoms with Gasteiger partial charge in [-0.2, -0.15) is 5.10 Å². The van der Waals surface area contributed by atoms with E-state index in [-0.39, 0.29) is 0 Å². The lowest BCUT2D eigenvalue weighted by Crippen LogP contribution is -2.34. The third kappa shape index (κ3) is 3.32. The lowest BCUT2D eigenvalue weighted by atomic mass is 10.3. The van der Waals surface area contributed by atoms with E-state index in [1.807, 2.05) is 10.9 Å². The predicted octanol–water partition coefficient (Wildman–Crippen LogP) is 1.24. The molecule has 4 heteroatoms. The second-order valence-electron chi connectivity index (χ2n) is 4.38. The quantitative estimate of drug-likeness (QED) is 0.795. The Kier molecular flexibility index (Phi) is 4.29. The third-order valence-corrected chi connectivity index (χ3v) is 2.70. The third-order valence-electron chi connectivity index (χ3n) is 2.70. The summed E-state index contributed by atoms with van der Waals surface area (Å²) in [6, 6.07) is 2.89. The van der Waals surface area contributed by atoms with E-state index in [1.54, 1.807) is 0 Å². The number of hydrogen-bond acceptors (Lipinski definition) is 3. The molecular formula is C11H22N4. The maximum atomic E-state index is 5.61. The van der Waals surface area contributed by atoms with E-state index in [0.717, 1.165) is 12.2 Å². The molecule has 1 aromatic rings. The Hall–Kier alpha value is -0.870. The average Bonchev–Trinajstić information content (AvgIpc) is 2.65. The zero-order chi connectivity index (χ0) is 11.4. The minimum absolute atomic E-state index is 0.397. The molecule has 0 amide bonds. The van der Waals surface area contributed by atoms with Gasteiger partial charge in [0.1, 0.15) is 0 Å². The summed E-state index contributed by atoms with van der Waals surface area (Å²) in [7, 11) is 2.08. The zero-order valence-electron chi connectivity index (χ0n) is 10.1. The molecule has 0 aliphatic rings. The van der Waals surface area contributed by atoms with Crippen LogP contribution in [0.15, 0.2) is 12.3 Å². The number of hydrogen-bond donors (Lipinski definition) is 1. The van der Waals surface area contributed by atoms with Crippen molar-refractivity contribution in [1.29, 1.82) is 0 Å². The van der Waals surface area contributed by atoms with Gasteiger partial charge in [-0.3, -0.25) is 9.58 Å². The van der Waals surface area contributed by atoms with Gasteiger partial charge in [-0.25, -0.2) is 0 Å². The van der Waals surface area contributed by atoms with Crippen LogP contribution in [0, 0.1) is 0 Å². The minimum atomic E-state index is 0.397. The van der Waals surface area contributed by atoms with Crippen LogP contribution < -0.4 is 5.73 Å². The van der Waals surface area contributed by atoms with Crippen molar-refractivity contribution in [2.45, 2.75) is 39.4 Å². The SMILES string of the molecule is CC(CN)N(C)Cc1ccn(C(C)C)n1. The van der Waals surface area contributed by atoms with Crippen LogP contribution in [0.2, 0.25) is 0 Å². The monoisotopic (exact) mass is 210 g/mol. The van der Waals surface area contributed by atoms with Crippen LogP contribution in [-0.2, 0) is 6.54 Å². The number of nitrogens with two attached hydrogens (primary N) is 1. The van der Waals surface area contributed by atoms with Gasteiger partial charge in [-0.15, -0.1) is 0 Å². The Bertz CT molecular complexity index is 293. The molecule has 1 unspecified atom stereocenters. The molecule has 1 aromatic heterocycles. The van der Waals surface area contributed by atoms with Crippen LogP contribution in [0.5, 0.6) is 0 Å². The van der Waals surface area contributed by atoms with E-state index < -0.39 is 0 Å². The summed E-state index contributed by atoms with van der Waals surface area (Å²) >= 11 is 0. The highest BCUT2D eigenvalue weighted by atomic mass is 15.3. The number of aromatic nitrogens is 2. The van der Waals surface area contributed by atoms with Crippen molar-refractivity contribution in [2.24, 2.45) is 5.73 Å². The summed E-state index contributed by atoms with van der Waals surface area (Å²) in [5.41, 5.74) is 6.72. The Balaban J connectivity index is 2.57. The van der Waals surface area contributed by atoms with Crippen LogP contribution in [-0.4, -0.2) is 34.3 Å². The van der Waals surface area contributed by atoms with E-state index in [4.69, 9.17) is 5.73 Å². The first kappa shape index (κ1) is 12.2. The number of rotatable bonds is 5. The molecule has 0 saturated carbocycles. The van der Waals surface area contributed by atoms with Crippen LogP contribution >= 0.6 is 0 Å². The van der Waals surface area contributed by atoms with Gasteiger partial charge in [-0.05, 0) is 33.9 Å². The number of nitrogens with zero attached hydrogens (tertiary/aromatic N) is 3. The smallest absolute Gasteiger partial charge is 0.0764 e. The Morgan fingerprint density at radius 3 is 2.60 bits per heavy atom. The van der Waals surface area contributed by atoms with Gasteiger partial charge in [-0.1, -0.05) is 0 Å². The van der Waals surface area contributed by atoms with Gasteiger partial charge in [0.05, 0.1) is 5.69 Å². The average molecular weight is 210 g/mol. The first-order valence-electron chi connectivity index (χ1n) is 5.49. The fourth-order valence-corrected chi connectivity index (χ4v) is 1.34. The maximum absolute atomic E-state index is 5.61. The van der Waals surface area contributed by atoms with E-state index in [0.29, 0.717) is 18.6 Å². The molecule has 0 saturated heterocycles. The largest absolute Gasteiger partial charge is 0.329 e. The summed E-state index contributed by atoms with van der Waals surface area (Å²) in [6.07, 6.45) is 2.03. The molecule has 1 heterocycles. The lowest BCUT2D eigenvalue weighted by molar-refractivity contribution is 0.250. The van der Waals surface area contributed by atoms with Gasteiger partial charge in [0, 0.05) is 31.4 Å². The summed E-state index contributed by atoms with van der Waals surface area (Å²) in [6.45, 7) is 7.92. The van der Waals surface area contributed by atoms with E-state index in [1.165, 1.54) is 0 Å². The molecular weight excluding hydrogens is 188 g/mol. The highest BCUT2D eigenvalue weighted by molar-refractivity contribution is 4.99. The fraction of sp³-hybridized carbons (Fsp3) is 0.727. The van der Waals surface area contributed by atoms with Crippen LogP contribution in [0.1, 0.15) is 32.5 Å². The molecule has 1 atom stereocenters. The number of likely N-dealkylation sites (N-methyl/N-ethyl adjacent to an activating group) is 1. The van der Waals surface area contributed by atoms with Crippen molar-refractivity contribution in [3.8, 4) is 0 Å². The van der Waals surface area contributed by atoms with Gasteiger partial charge in [0.15, 0.2) is 0 Å². The Labute approximate surface area is 92.1 Å². The highest BCUT2D eigenvalue weighted by Gasteiger charge is 2.09. The summed E-state index contributed by atoms with van der Waals surface area (Å²) < 4.78 is 1.98. The molecule has 0 fully saturated rings. The van der Waals surface area contributed by atoms with Crippen LogP contribution in [0.4, 0.5) is 0 Å². The van der Waals surface area contributed by atoms with Crippen molar-refractivity contribution in [3.05, 3.63) is 18.0 Å². The van der Waals surface area contributed by atoms with Crippen molar-refractivity contribution in [2.75, 3.05) is 13.6 Å².